The molecule has 2 rings (SSSR count). The number of amides is 1. The molecule has 1 amide bonds. The summed E-state index contributed by atoms with van der Waals surface area (Å²) in [7, 11) is -1.28. The molecule has 0 aliphatic heterocycles. The summed E-state index contributed by atoms with van der Waals surface area (Å²) in [5, 5.41) is 2.63. The van der Waals surface area contributed by atoms with Crippen molar-refractivity contribution >= 4 is 44.3 Å². The van der Waals surface area contributed by atoms with E-state index >= 15 is 0 Å². The Balaban J connectivity index is 2.16. The topological polar surface area (TPSA) is 81.7 Å². The Morgan fingerprint density at radius 3 is 2.61 bits per heavy atom. The van der Waals surface area contributed by atoms with Crippen LogP contribution in [0.3, 0.4) is 0 Å². The van der Waals surface area contributed by atoms with Gasteiger partial charge in [-0.25, -0.2) is 9.18 Å². The van der Waals surface area contributed by atoms with Crippen molar-refractivity contribution in [2.24, 2.45) is 0 Å². The largest absolute Gasteiger partial charge is 0.480 e. The van der Waals surface area contributed by atoms with Crippen molar-refractivity contribution in [2.45, 2.75) is 18.2 Å². The third-order valence-corrected chi connectivity index (χ3v) is 4.99. The molecule has 0 aromatic heterocycles. The zero-order valence-corrected chi connectivity index (χ0v) is 17.7. The smallest absolute Gasteiger partial charge is 0.344 e. The van der Waals surface area contributed by atoms with Gasteiger partial charge in [0.1, 0.15) is 11.6 Å². The van der Waals surface area contributed by atoms with Crippen LogP contribution < -0.4 is 10.1 Å². The monoisotopic (exact) mass is 471 g/mol. The van der Waals surface area contributed by atoms with Gasteiger partial charge in [-0.3, -0.25) is 9.00 Å². The van der Waals surface area contributed by atoms with Crippen molar-refractivity contribution in [1.29, 1.82) is 0 Å². The van der Waals surface area contributed by atoms with Gasteiger partial charge in [-0.2, -0.15) is 0 Å². The lowest BCUT2D eigenvalue weighted by molar-refractivity contribution is -0.145. The molecule has 2 aromatic rings. The molecule has 0 spiro atoms. The van der Waals surface area contributed by atoms with Crippen molar-refractivity contribution in [3.05, 3.63) is 52.3 Å². The first kappa shape index (κ1) is 22.0. The maximum atomic E-state index is 13.9. The molecule has 1 N–H and O–H groups in total. The first-order valence-electron chi connectivity index (χ1n) is 8.29. The van der Waals surface area contributed by atoms with Gasteiger partial charge in [0.15, 0.2) is 6.61 Å². The highest BCUT2D eigenvalue weighted by molar-refractivity contribution is 9.10. The normalized spacial score (nSPS) is 11.6. The molecule has 0 bridgehead atoms. The van der Waals surface area contributed by atoms with E-state index in [1.807, 2.05) is 0 Å². The van der Waals surface area contributed by atoms with Crippen LogP contribution in [0.2, 0.25) is 0 Å². The molecule has 1 atom stereocenters. The maximum Gasteiger partial charge on any atom is 0.344 e. The van der Waals surface area contributed by atoms with Crippen LogP contribution in [0, 0.1) is 5.82 Å². The zero-order valence-electron chi connectivity index (χ0n) is 15.3. The Hall–Kier alpha value is -2.26. The van der Waals surface area contributed by atoms with Crippen LogP contribution in [0.4, 0.5) is 10.1 Å². The van der Waals surface area contributed by atoms with E-state index in [1.54, 1.807) is 19.1 Å². The highest BCUT2D eigenvalue weighted by atomic mass is 79.9. The maximum absolute atomic E-state index is 13.9. The Bertz CT molecular complexity index is 906. The number of esters is 1. The molecule has 0 aliphatic carbocycles. The molecule has 0 aliphatic rings. The molecule has 9 heteroatoms. The van der Waals surface area contributed by atoms with E-state index in [0.717, 1.165) is 0 Å². The van der Waals surface area contributed by atoms with E-state index in [0.29, 0.717) is 9.37 Å². The number of ether oxygens (including phenoxy) is 2. The molecule has 0 fully saturated rings. The van der Waals surface area contributed by atoms with Crippen LogP contribution in [0.15, 0.2) is 45.8 Å². The lowest BCUT2D eigenvalue weighted by atomic mass is 10.1. The minimum atomic E-state index is -1.28. The van der Waals surface area contributed by atoms with Gasteiger partial charge in [-0.05, 0) is 42.8 Å². The van der Waals surface area contributed by atoms with Crippen LogP contribution in [0.25, 0.3) is 0 Å². The van der Waals surface area contributed by atoms with Gasteiger partial charge < -0.3 is 14.8 Å². The van der Waals surface area contributed by atoms with E-state index in [1.165, 1.54) is 30.5 Å². The number of carbonyl (C=O) groups is 2. The van der Waals surface area contributed by atoms with E-state index < -0.39 is 28.5 Å². The third-order valence-electron chi connectivity index (χ3n) is 3.58. The second-order valence-corrected chi connectivity index (χ2v) is 7.96. The number of anilines is 1. The summed E-state index contributed by atoms with van der Waals surface area (Å²) in [4.78, 5) is 24.3. The summed E-state index contributed by atoms with van der Waals surface area (Å²) in [6.45, 7) is 1.52. The average molecular weight is 472 g/mol. The van der Waals surface area contributed by atoms with Crippen LogP contribution in [-0.2, 0) is 31.5 Å². The van der Waals surface area contributed by atoms with E-state index in [4.69, 9.17) is 9.47 Å². The predicted octanol–water partition coefficient (Wildman–Crippen LogP) is 3.45. The second-order valence-electron chi connectivity index (χ2n) is 5.67. The Kier molecular flexibility index (Phi) is 8.13. The molecular weight excluding hydrogens is 453 g/mol. The molecule has 1 unspecified atom stereocenters. The molecular formula is C19H19BrFNO5S. The fourth-order valence-corrected chi connectivity index (χ4v) is 3.14. The van der Waals surface area contributed by atoms with E-state index in [9.17, 15) is 18.2 Å². The second kappa shape index (κ2) is 10.3. The van der Waals surface area contributed by atoms with Crippen molar-refractivity contribution in [2.75, 3.05) is 24.8 Å². The molecule has 0 radical (unpaired) electrons. The Labute approximate surface area is 173 Å². The molecule has 150 valence electrons. The molecule has 0 heterocycles. The van der Waals surface area contributed by atoms with Gasteiger partial charge >= 0.3 is 5.97 Å². The van der Waals surface area contributed by atoms with Crippen molar-refractivity contribution < 1.29 is 27.7 Å². The highest BCUT2D eigenvalue weighted by Gasteiger charge is 2.14. The molecule has 6 nitrogen and oxygen atoms in total. The minimum Gasteiger partial charge on any atom is -0.480 e. The van der Waals surface area contributed by atoms with E-state index in [2.05, 4.69) is 21.2 Å². The number of halogens is 2. The molecule has 28 heavy (non-hydrogen) atoms. The van der Waals surface area contributed by atoms with Crippen molar-refractivity contribution in [1.82, 2.24) is 0 Å². The van der Waals surface area contributed by atoms with Crippen molar-refractivity contribution in [3.63, 3.8) is 0 Å². The lowest BCUT2D eigenvalue weighted by Gasteiger charge is -2.13. The summed E-state index contributed by atoms with van der Waals surface area (Å²) in [6.07, 6.45) is 1.32. The van der Waals surface area contributed by atoms with Crippen LogP contribution in [0.1, 0.15) is 12.5 Å². The molecule has 0 saturated heterocycles. The van der Waals surface area contributed by atoms with Gasteiger partial charge in [0.05, 0.1) is 18.7 Å². The molecule has 2 aromatic carbocycles. The lowest BCUT2D eigenvalue weighted by Crippen LogP contribution is -2.18. The standard InChI is InChI=1S/C19H19BrFNO5S/c1-3-26-19(24)11-27-17-10-14(28(2)25)6-7-16(17)22-18(23)8-12-4-5-13(20)9-15(12)21/h4-7,9-10H,3,8,11H2,1-2H3,(H,22,23). The predicted molar refractivity (Wildman–Crippen MR) is 107 cm³/mol. The van der Waals surface area contributed by atoms with Crippen LogP contribution >= 0.6 is 15.9 Å². The SMILES string of the molecule is CCOC(=O)COc1cc(S(C)=O)ccc1NC(=O)Cc1ccc(Br)cc1F. The number of benzene rings is 2. The number of carbonyl (C=O) groups excluding carboxylic acids is 2. The summed E-state index contributed by atoms with van der Waals surface area (Å²) in [5.74, 6) is -1.36. The third kappa shape index (κ3) is 6.42. The Morgan fingerprint density at radius 2 is 1.96 bits per heavy atom. The van der Waals surface area contributed by atoms with E-state index in [-0.39, 0.29) is 36.6 Å². The fourth-order valence-electron chi connectivity index (χ4n) is 2.28. The summed E-state index contributed by atoms with van der Waals surface area (Å²) < 4.78 is 36.5. The quantitative estimate of drug-likeness (QED) is 0.596. The first-order valence-corrected chi connectivity index (χ1v) is 10.6. The number of rotatable bonds is 8. The van der Waals surface area contributed by atoms with Crippen LogP contribution in [0.5, 0.6) is 5.75 Å². The fraction of sp³-hybridized carbons (Fsp3) is 0.263. The highest BCUT2D eigenvalue weighted by Crippen LogP contribution is 2.28. The van der Waals surface area contributed by atoms with Crippen molar-refractivity contribution in [3.8, 4) is 5.75 Å². The van der Waals surface area contributed by atoms with Gasteiger partial charge in [0, 0.05) is 26.4 Å². The minimum absolute atomic E-state index is 0.172. The van der Waals surface area contributed by atoms with Gasteiger partial charge in [0.2, 0.25) is 5.91 Å². The van der Waals surface area contributed by atoms with Gasteiger partial charge in [0.25, 0.3) is 0 Å². The Morgan fingerprint density at radius 1 is 1.21 bits per heavy atom. The zero-order chi connectivity index (χ0) is 20.7. The summed E-state index contributed by atoms with van der Waals surface area (Å²) in [5.41, 5.74) is 0.516. The first-order chi connectivity index (χ1) is 13.3. The average Bonchev–Trinajstić information content (AvgIpc) is 2.63. The number of nitrogens with one attached hydrogen (secondary N) is 1. The number of hydrogen-bond donors (Lipinski definition) is 1. The summed E-state index contributed by atoms with van der Waals surface area (Å²) >= 11 is 3.16. The number of hydrogen-bond acceptors (Lipinski definition) is 5. The molecule has 0 saturated carbocycles. The van der Waals surface area contributed by atoms with Gasteiger partial charge in [-0.1, -0.05) is 22.0 Å². The summed E-state index contributed by atoms with van der Waals surface area (Å²) in [6, 6.07) is 9.01. The van der Waals surface area contributed by atoms with Crippen LogP contribution in [-0.4, -0.2) is 35.6 Å². The van der Waals surface area contributed by atoms with Gasteiger partial charge in [-0.15, -0.1) is 0 Å².